The number of nitrogens with one attached hydrogen (secondary N) is 1. The Bertz CT molecular complexity index is 1350. The predicted octanol–water partition coefficient (Wildman–Crippen LogP) is 1.34. The fourth-order valence-electron chi connectivity index (χ4n) is 2.86. The zero-order chi connectivity index (χ0) is 20.7. The molecule has 0 bridgehead atoms. The molecule has 1 radical (unpaired) electrons. The molecule has 1 aliphatic heterocycles. The van der Waals surface area contributed by atoms with E-state index < -0.39 is 11.7 Å². The summed E-state index contributed by atoms with van der Waals surface area (Å²) in [6.45, 7) is 1.05. The Morgan fingerprint density at radius 1 is 1.17 bits per heavy atom. The summed E-state index contributed by atoms with van der Waals surface area (Å²) in [6, 6.07) is 8.65. The topological polar surface area (TPSA) is 108 Å². The third kappa shape index (κ3) is 4.36. The van der Waals surface area contributed by atoms with Crippen molar-refractivity contribution in [3.63, 3.8) is 0 Å². The van der Waals surface area contributed by atoms with Crippen LogP contribution < -0.4 is 15.8 Å². The number of aromatic nitrogens is 4. The molecule has 0 unspecified atom stereocenters. The van der Waals surface area contributed by atoms with Gasteiger partial charge in [-0.2, -0.15) is 0 Å². The average Bonchev–Trinajstić information content (AvgIpc) is 3.23. The number of hydrogen-bond donors (Lipinski definition) is 1. The molecule has 0 fully saturated rings. The molecule has 3 heterocycles. The van der Waals surface area contributed by atoms with Gasteiger partial charge in [0.25, 0.3) is 0 Å². The van der Waals surface area contributed by atoms with Gasteiger partial charge in [0.15, 0.2) is 0 Å². The molecule has 5 rings (SSSR count). The first kappa shape index (κ1) is 23.0. The first-order chi connectivity index (χ1) is 13.8. The molecule has 0 atom stereocenters. The molecule has 4 aromatic rings. The summed E-state index contributed by atoms with van der Waals surface area (Å²) in [6.07, 6.45) is 0. The minimum Gasteiger partial charge on any atom is 0 e. The van der Waals surface area contributed by atoms with E-state index in [1.165, 1.54) is 17.6 Å². The molecule has 1 aliphatic rings. The molecule has 13 heteroatoms. The Balaban J connectivity index is 0.000000197. The van der Waals surface area contributed by atoms with Crippen LogP contribution in [0, 0.1) is 0 Å². The first-order valence-corrected chi connectivity index (χ1v) is 10.4. The number of amides is 1. The van der Waals surface area contributed by atoms with Crippen LogP contribution >= 0.6 is 23.2 Å². The molecule has 30 heavy (non-hydrogen) atoms. The Labute approximate surface area is 207 Å². The van der Waals surface area contributed by atoms with E-state index in [1.807, 2.05) is 18.2 Å². The number of anilines is 1. The second-order valence-electron chi connectivity index (χ2n) is 5.98. The zero-order valence-electron chi connectivity index (χ0n) is 15.7. The summed E-state index contributed by atoms with van der Waals surface area (Å²) in [5.41, 5.74) is 2.48. The van der Waals surface area contributed by atoms with Crippen molar-refractivity contribution in [2.45, 2.75) is 13.5 Å². The maximum Gasteiger partial charge on any atom is 0 e. The van der Waals surface area contributed by atoms with Crippen molar-refractivity contribution < 1.29 is 14.4 Å². The number of hydrogen-bond acceptors (Lipinski definition) is 6. The van der Waals surface area contributed by atoms with Crippen molar-refractivity contribution in [2.75, 3.05) is 5.32 Å². The SMILES string of the molecule is CC(=O)On1c(=O)n2c3c(c(Cl)ccc31)NC(=O)C2.Clc1ccc2n[se]nc2c1.[Na]. The predicted molar refractivity (Wildman–Crippen MR) is 114 cm³/mol. The van der Waals surface area contributed by atoms with Crippen LogP contribution in [0.1, 0.15) is 6.92 Å². The minimum absolute atomic E-state index is 0. The van der Waals surface area contributed by atoms with Gasteiger partial charge in [0.1, 0.15) is 12.1 Å². The van der Waals surface area contributed by atoms with Crippen molar-refractivity contribution in [3.8, 4) is 0 Å². The summed E-state index contributed by atoms with van der Waals surface area (Å²) in [4.78, 5) is 39.6. The molecule has 9 nitrogen and oxygen atoms in total. The standard InChI is InChI=1S/C11H8ClN3O4.C6H3ClN2Se.Na/c1-5(16)19-15-7-3-2-6(12)9-10(7)14(11(15)18)4-8(17)13-9;7-4-1-2-5-6(3-4)9-10-8-5;/h2-3H,4H2,1H3,(H,13,17);1-3H;. The quantitative estimate of drug-likeness (QED) is 0.379. The molecule has 149 valence electrons. The van der Waals surface area contributed by atoms with Gasteiger partial charge >= 0.3 is 80.4 Å². The third-order valence-electron chi connectivity index (χ3n) is 4.00. The van der Waals surface area contributed by atoms with Crippen molar-refractivity contribution in [3.05, 3.63) is 50.9 Å². The zero-order valence-corrected chi connectivity index (χ0v) is 20.9. The Hall–Kier alpha value is -1.65. The molecule has 2 aromatic carbocycles. The van der Waals surface area contributed by atoms with Gasteiger partial charge in [-0.25, -0.2) is 9.59 Å². The summed E-state index contributed by atoms with van der Waals surface area (Å²) in [5.74, 6) is -0.985. The number of carbonyl (C=O) groups is 2. The van der Waals surface area contributed by atoms with Crippen LogP contribution in [0.3, 0.4) is 0 Å². The van der Waals surface area contributed by atoms with E-state index in [0.29, 0.717) is 21.7 Å². The van der Waals surface area contributed by atoms with Gasteiger partial charge in [0, 0.05) is 36.5 Å². The van der Waals surface area contributed by atoms with Gasteiger partial charge < -0.3 is 10.2 Å². The number of imidazole rings is 1. The van der Waals surface area contributed by atoms with Gasteiger partial charge in [0.05, 0.1) is 16.2 Å². The van der Waals surface area contributed by atoms with Gasteiger partial charge in [-0.05, 0) is 12.1 Å². The Morgan fingerprint density at radius 3 is 2.63 bits per heavy atom. The summed E-state index contributed by atoms with van der Waals surface area (Å²) in [7, 11) is 0. The summed E-state index contributed by atoms with van der Waals surface area (Å²) < 4.78 is 10.4. The smallest absolute Gasteiger partial charge is 0 e. The van der Waals surface area contributed by atoms with Gasteiger partial charge in [0.2, 0.25) is 5.91 Å². The number of fused-ring (bicyclic) bond motifs is 1. The maximum atomic E-state index is 12.1. The van der Waals surface area contributed by atoms with Gasteiger partial charge in [-0.15, -0.1) is 4.73 Å². The second-order valence-corrected chi connectivity index (χ2v) is 7.93. The summed E-state index contributed by atoms with van der Waals surface area (Å²) in [5, 5.41) is 3.65. The fraction of sp³-hybridized carbons (Fsp3) is 0.118. The van der Waals surface area contributed by atoms with E-state index in [2.05, 4.69) is 13.3 Å². The number of nitrogens with zero attached hydrogens (tertiary/aromatic N) is 4. The Kier molecular flexibility index (Phi) is 7.09. The van der Waals surface area contributed by atoms with Crippen molar-refractivity contribution in [2.24, 2.45) is 0 Å². The monoisotopic (exact) mass is 522 g/mol. The van der Waals surface area contributed by atoms with Gasteiger partial charge in [-0.3, -0.25) is 9.36 Å². The van der Waals surface area contributed by atoms with Crippen LogP contribution in [0.25, 0.3) is 22.1 Å². The molecule has 0 aliphatic carbocycles. The van der Waals surface area contributed by atoms with E-state index >= 15 is 0 Å². The minimum atomic E-state index is -0.629. The maximum absolute atomic E-state index is 12.1. The van der Waals surface area contributed by atoms with Crippen molar-refractivity contribution in [1.82, 2.24) is 17.3 Å². The molecule has 2 aromatic heterocycles. The number of benzene rings is 2. The second kappa shape index (κ2) is 9.23. The number of carbonyl (C=O) groups excluding carboxylic acids is 2. The number of halogens is 2. The van der Waals surface area contributed by atoms with Crippen LogP contribution in [0.4, 0.5) is 5.69 Å². The Morgan fingerprint density at radius 2 is 1.90 bits per heavy atom. The normalized spacial score (nSPS) is 12.0. The van der Waals surface area contributed by atoms with Crippen LogP contribution in [0.2, 0.25) is 10.0 Å². The van der Waals surface area contributed by atoms with E-state index in [9.17, 15) is 14.4 Å². The molecule has 0 spiro atoms. The van der Waals surface area contributed by atoms with Crippen LogP contribution in [0.5, 0.6) is 0 Å². The van der Waals surface area contributed by atoms with E-state index in [1.54, 1.807) is 6.07 Å². The van der Waals surface area contributed by atoms with E-state index in [4.69, 9.17) is 28.0 Å². The van der Waals surface area contributed by atoms with E-state index in [-0.39, 0.29) is 57.0 Å². The van der Waals surface area contributed by atoms with Crippen LogP contribution in [-0.4, -0.2) is 73.7 Å². The van der Waals surface area contributed by atoms with Crippen LogP contribution in [-0.2, 0) is 16.1 Å². The van der Waals surface area contributed by atoms with Crippen LogP contribution in [0.15, 0.2) is 35.1 Å². The summed E-state index contributed by atoms with van der Waals surface area (Å²) >= 11 is 11.8. The van der Waals surface area contributed by atoms with E-state index in [0.717, 1.165) is 20.8 Å². The largest absolute Gasteiger partial charge is 0 e. The molecular formula is C17H11Cl2N5NaO4Se. The number of rotatable bonds is 1. The van der Waals surface area contributed by atoms with Crippen molar-refractivity contribution in [1.29, 1.82) is 0 Å². The first-order valence-electron chi connectivity index (χ1n) is 8.15. The molecule has 1 N–H and O–H groups in total. The van der Waals surface area contributed by atoms with Crippen molar-refractivity contribution >= 4 is 107 Å². The molecule has 0 saturated carbocycles. The molecule has 0 saturated heterocycles. The van der Waals surface area contributed by atoms with Gasteiger partial charge in [-0.1, -0.05) is 11.6 Å². The molecular weight excluding hydrogens is 511 g/mol. The average molecular weight is 522 g/mol. The fourth-order valence-corrected chi connectivity index (χ4v) is 4.31. The third-order valence-corrected chi connectivity index (χ3v) is 5.72. The molecule has 1 amide bonds.